The zero-order valence-corrected chi connectivity index (χ0v) is 19.2. The Morgan fingerprint density at radius 1 is 1.03 bits per heavy atom. The van der Waals surface area contributed by atoms with Crippen LogP contribution in [0.3, 0.4) is 0 Å². The van der Waals surface area contributed by atoms with E-state index in [9.17, 15) is 18.0 Å². The topological polar surface area (TPSA) is 103 Å². The molecular formula is C24H24N4O4S. The lowest BCUT2D eigenvalue weighted by Crippen LogP contribution is -2.26. The Kier molecular flexibility index (Phi) is 6.15. The number of fused-ring (bicyclic) bond motifs is 2. The molecule has 33 heavy (non-hydrogen) atoms. The average Bonchev–Trinajstić information content (AvgIpc) is 3.20. The molecule has 0 saturated heterocycles. The van der Waals surface area contributed by atoms with Crippen molar-refractivity contribution in [3.8, 4) is 0 Å². The van der Waals surface area contributed by atoms with Crippen LogP contribution >= 0.6 is 0 Å². The number of pyridine rings is 1. The van der Waals surface area contributed by atoms with Crippen LogP contribution in [0.15, 0.2) is 70.8 Å². The summed E-state index contributed by atoms with van der Waals surface area (Å²) in [4.78, 5) is 25.4. The van der Waals surface area contributed by atoms with Gasteiger partial charge in [0.2, 0.25) is 15.5 Å². The number of hydrogen-bond acceptors (Lipinski definition) is 5. The van der Waals surface area contributed by atoms with Gasteiger partial charge in [0.05, 0.1) is 23.0 Å². The number of nitrogens with zero attached hydrogens (tertiary/aromatic N) is 3. The van der Waals surface area contributed by atoms with E-state index in [-0.39, 0.29) is 16.7 Å². The Bertz CT molecular complexity index is 1550. The molecule has 0 aliphatic rings. The van der Waals surface area contributed by atoms with Gasteiger partial charge in [-0.3, -0.25) is 9.59 Å². The van der Waals surface area contributed by atoms with Gasteiger partial charge in [-0.2, -0.15) is 5.10 Å². The molecule has 0 fully saturated rings. The summed E-state index contributed by atoms with van der Waals surface area (Å²) in [6.45, 7) is 1.94. The number of para-hydroxylation sites is 2. The zero-order valence-electron chi connectivity index (χ0n) is 18.4. The van der Waals surface area contributed by atoms with Crippen molar-refractivity contribution in [2.24, 2.45) is 12.1 Å². The van der Waals surface area contributed by atoms with Crippen LogP contribution in [-0.4, -0.2) is 34.8 Å². The molecule has 0 unspecified atom stereocenters. The molecule has 9 heteroatoms. The summed E-state index contributed by atoms with van der Waals surface area (Å²) in [7, 11) is -1.76. The van der Waals surface area contributed by atoms with Gasteiger partial charge in [0.25, 0.3) is 5.91 Å². The smallest absolute Gasteiger partial charge is 0.276 e. The number of aryl methyl sites for hydroxylation is 1. The minimum absolute atomic E-state index is 0.0297. The third-order valence-electron chi connectivity index (χ3n) is 5.47. The number of amides is 1. The molecule has 4 rings (SSSR count). The average molecular weight is 465 g/mol. The summed E-state index contributed by atoms with van der Waals surface area (Å²) in [6, 6.07) is 14.1. The quantitative estimate of drug-likeness (QED) is 0.335. The molecule has 1 amide bonds. The number of hydrazone groups is 1. The Morgan fingerprint density at radius 2 is 1.70 bits per heavy atom. The predicted octanol–water partition coefficient (Wildman–Crippen LogP) is 3.24. The lowest BCUT2D eigenvalue weighted by Gasteiger charge is -2.07. The lowest BCUT2D eigenvalue weighted by atomic mass is 10.1. The molecule has 0 atom stereocenters. The van der Waals surface area contributed by atoms with E-state index >= 15 is 0 Å². The highest BCUT2D eigenvalue weighted by Gasteiger charge is 2.18. The Balaban J connectivity index is 1.64. The molecule has 0 aliphatic heterocycles. The van der Waals surface area contributed by atoms with Crippen LogP contribution in [0.1, 0.15) is 35.7 Å². The maximum Gasteiger partial charge on any atom is 0.276 e. The van der Waals surface area contributed by atoms with E-state index in [4.69, 9.17) is 0 Å². The summed E-state index contributed by atoms with van der Waals surface area (Å²) in [5, 5.41) is 5.13. The third kappa shape index (κ3) is 4.31. The van der Waals surface area contributed by atoms with Crippen LogP contribution < -0.4 is 10.9 Å². The summed E-state index contributed by atoms with van der Waals surface area (Å²) in [5.74, 6) is -0.599. The maximum absolute atomic E-state index is 12.8. The number of unbranched alkanes of at least 4 members (excludes halogenated alkanes) is 1. The van der Waals surface area contributed by atoms with Crippen LogP contribution in [-0.2, 0) is 17.1 Å². The number of carbonyl (C=O) groups is 1. The van der Waals surface area contributed by atoms with Gasteiger partial charge in [0.1, 0.15) is 5.56 Å². The SMILES string of the molecule is CCCCS(=O)(=O)n1cc(C=NNC(=O)c2cn(C)c3ccccc3c2=O)c2ccccc21. The second-order valence-electron chi connectivity index (χ2n) is 7.77. The number of rotatable bonds is 7. The van der Waals surface area contributed by atoms with Crippen LogP contribution in [0.5, 0.6) is 0 Å². The van der Waals surface area contributed by atoms with E-state index in [0.29, 0.717) is 28.3 Å². The molecule has 1 N–H and O–H groups in total. The van der Waals surface area contributed by atoms with Crippen LogP contribution in [0.4, 0.5) is 0 Å². The highest BCUT2D eigenvalue weighted by Crippen LogP contribution is 2.22. The normalized spacial score (nSPS) is 12.1. The Labute approximate surface area is 191 Å². The zero-order chi connectivity index (χ0) is 23.6. The van der Waals surface area contributed by atoms with E-state index in [1.165, 1.54) is 22.6 Å². The van der Waals surface area contributed by atoms with Gasteiger partial charge >= 0.3 is 0 Å². The molecule has 4 aromatic rings. The van der Waals surface area contributed by atoms with Gasteiger partial charge in [-0.05, 0) is 24.6 Å². The minimum Gasteiger partial charge on any atom is -0.350 e. The number of carbonyl (C=O) groups excluding carboxylic acids is 1. The van der Waals surface area contributed by atoms with Crippen molar-refractivity contribution < 1.29 is 13.2 Å². The van der Waals surface area contributed by atoms with E-state index in [1.54, 1.807) is 54.1 Å². The van der Waals surface area contributed by atoms with Crippen molar-refractivity contribution >= 4 is 44.0 Å². The van der Waals surface area contributed by atoms with Gasteiger partial charge in [0.15, 0.2) is 0 Å². The fourth-order valence-corrected chi connectivity index (χ4v) is 5.34. The predicted molar refractivity (Wildman–Crippen MR) is 130 cm³/mol. The van der Waals surface area contributed by atoms with E-state index < -0.39 is 15.9 Å². The van der Waals surface area contributed by atoms with E-state index in [1.807, 2.05) is 13.0 Å². The summed E-state index contributed by atoms with van der Waals surface area (Å²) in [5.41, 5.74) is 3.78. The molecule has 8 nitrogen and oxygen atoms in total. The second-order valence-corrected chi connectivity index (χ2v) is 9.73. The van der Waals surface area contributed by atoms with Crippen molar-refractivity contribution in [3.05, 3.63) is 82.3 Å². The first-order valence-electron chi connectivity index (χ1n) is 10.6. The van der Waals surface area contributed by atoms with Crippen LogP contribution in [0, 0.1) is 0 Å². The van der Waals surface area contributed by atoms with Crippen LogP contribution in [0.2, 0.25) is 0 Å². The molecule has 2 heterocycles. The first-order chi connectivity index (χ1) is 15.8. The fraction of sp³-hybridized carbons (Fsp3) is 0.208. The molecule has 0 radical (unpaired) electrons. The number of aromatic nitrogens is 2. The van der Waals surface area contributed by atoms with Gasteiger partial charge < -0.3 is 4.57 Å². The largest absolute Gasteiger partial charge is 0.350 e. The lowest BCUT2D eigenvalue weighted by molar-refractivity contribution is 0.0953. The number of nitrogens with one attached hydrogen (secondary N) is 1. The van der Waals surface area contributed by atoms with Gasteiger partial charge in [0, 0.05) is 35.8 Å². The van der Waals surface area contributed by atoms with Crippen molar-refractivity contribution in [1.29, 1.82) is 0 Å². The maximum atomic E-state index is 12.8. The van der Waals surface area contributed by atoms with E-state index in [2.05, 4.69) is 10.5 Å². The van der Waals surface area contributed by atoms with Crippen molar-refractivity contribution in [2.75, 3.05) is 5.75 Å². The summed E-state index contributed by atoms with van der Waals surface area (Å²) < 4.78 is 28.5. The molecule has 2 aromatic heterocycles. The fourth-order valence-electron chi connectivity index (χ4n) is 3.76. The molecule has 0 saturated carbocycles. The summed E-state index contributed by atoms with van der Waals surface area (Å²) >= 11 is 0. The molecule has 0 aliphatic carbocycles. The molecule has 0 bridgehead atoms. The Morgan fingerprint density at radius 3 is 2.42 bits per heavy atom. The first-order valence-corrected chi connectivity index (χ1v) is 12.2. The van der Waals surface area contributed by atoms with Gasteiger partial charge in [-0.25, -0.2) is 17.8 Å². The van der Waals surface area contributed by atoms with Crippen molar-refractivity contribution in [3.63, 3.8) is 0 Å². The molecule has 0 spiro atoms. The van der Waals surface area contributed by atoms with Crippen molar-refractivity contribution in [1.82, 2.24) is 14.0 Å². The second kappa shape index (κ2) is 9.03. The Hall–Kier alpha value is -3.72. The molecule has 170 valence electrons. The standard InChI is InChI=1S/C24H24N4O4S/c1-3-4-13-33(31,32)28-15-17(18-9-5-8-12-22(18)28)14-25-26-24(30)20-16-27(2)21-11-7-6-10-19(21)23(20)29/h5-12,14-16H,3-4,13H2,1-2H3,(H,26,30). The van der Waals surface area contributed by atoms with Crippen molar-refractivity contribution in [2.45, 2.75) is 19.8 Å². The number of benzene rings is 2. The monoisotopic (exact) mass is 464 g/mol. The van der Waals surface area contributed by atoms with Gasteiger partial charge in [-0.1, -0.05) is 43.7 Å². The number of hydrogen-bond donors (Lipinski definition) is 1. The van der Waals surface area contributed by atoms with Crippen LogP contribution in [0.25, 0.3) is 21.8 Å². The molecule has 2 aromatic carbocycles. The minimum atomic E-state index is -3.52. The highest BCUT2D eigenvalue weighted by molar-refractivity contribution is 7.90. The molecular weight excluding hydrogens is 440 g/mol. The summed E-state index contributed by atoms with van der Waals surface area (Å²) in [6.07, 6.45) is 5.70. The van der Waals surface area contributed by atoms with E-state index in [0.717, 1.165) is 11.9 Å². The highest BCUT2D eigenvalue weighted by atomic mass is 32.2. The van der Waals surface area contributed by atoms with Gasteiger partial charge in [-0.15, -0.1) is 0 Å². The third-order valence-corrected chi connectivity index (χ3v) is 7.18. The first kappa shape index (κ1) is 22.5.